The van der Waals surface area contributed by atoms with Crippen molar-refractivity contribution in [3.05, 3.63) is 35.6 Å². The number of carbonyl (C=O) groups is 1. The molecule has 1 N–H and O–H groups in total. The minimum absolute atomic E-state index is 0.0408. The lowest BCUT2D eigenvalue weighted by Gasteiger charge is -2.27. The Bertz CT molecular complexity index is 391. The van der Waals surface area contributed by atoms with Crippen LogP contribution < -0.4 is 5.32 Å². The van der Waals surface area contributed by atoms with Crippen LogP contribution in [0.3, 0.4) is 0 Å². The van der Waals surface area contributed by atoms with Crippen molar-refractivity contribution in [1.82, 2.24) is 5.32 Å². The van der Waals surface area contributed by atoms with Crippen LogP contribution in [-0.4, -0.2) is 17.3 Å². The molecule has 4 heteroatoms. The molecule has 0 saturated heterocycles. The predicted molar refractivity (Wildman–Crippen MR) is 67.7 cm³/mol. The van der Waals surface area contributed by atoms with Crippen LogP contribution in [0, 0.1) is 5.82 Å². The van der Waals surface area contributed by atoms with Crippen LogP contribution in [-0.2, 0) is 11.2 Å². The fourth-order valence-electron chi connectivity index (χ4n) is 1.41. The lowest BCUT2D eigenvalue weighted by Crippen LogP contribution is -2.47. The molecule has 0 aliphatic heterocycles. The number of amides is 1. The highest BCUT2D eigenvalue weighted by Gasteiger charge is 2.23. The third-order valence-corrected chi connectivity index (χ3v) is 3.42. The van der Waals surface area contributed by atoms with Gasteiger partial charge in [0.05, 0.1) is 12.0 Å². The zero-order chi connectivity index (χ0) is 12.9. The van der Waals surface area contributed by atoms with E-state index in [0.717, 1.165) is 6.42 Å². The summed E-state index contributed by atoms with van der Waals surface area (Å²) in [6.45, 7) is 3.82. The fourth-order valence-corrected chi connectivity index (χ4v) is 1.67. The van der Waals surface area contributed by atoms with Gasteiger partial charge in [0.1, 0.15) is 5.82 Å². The lowest BCUT2D eigenvalue weighted by atomic mass is 10.0. The molecule has 1 aromatic carbocycles. The van der Waals surface area contributed by atoms with Crippen molar-refractivity contribution in [2.45, 2.75) is 32.2 Å². The molecule has 1 unspecified atom stereocenters. The number of hydrogen-bond acceptors (Lipinski definition) is 1. The van der Waals surface area contributed by atoms with Crippen LogP contribution in [0.15, 0.2) is 24.3 Å². The van der Waals surface area contributed by atoms with Crippen molar-refractivity contribution in [2.75, 3.05) is 5.88 Å². The van der Waals surface area contributed by atoms with Gasteiger partial charge in [0.15, 0.2) is 0 Å². The Morgan fingerprint density at radius 3 is 2.65 bits per heavy atom. The third kappa shape index (κ3) is 4.00. The third-order valence-electron chi connectivity index (χ3n) is 2.83. The first-order chi connectivity index (χ1) is 8.00. The van der Waals surface area contributed by atoms with E-state index in [1.165, 1.54) is 6.07 Å². The number of halogens is 2. The van der Waals surface area contributed by atoms with Gasteiger partial charge in [-0.05, 0) is 25.0 Å². The minimum Gasteiger partial charge on any atom is -0.349 e. The van der Waals surface area contributed by atoms with Crippen LogP contribution in [0.2, 0.25) is 0 Å². The van der Waals surface area contributed by atoms with E-state index >= 15 is 0 Å². The molecule has 0 spiro atoms. The molecule has 1 amide bonds. The zero-order valence-corrected chi connectivity index (χ0v) is 10.9. The summed E-state index contributed by atoms with van der Waals surface area (Å²) in [7, 11) is 0. The normalized spacial score (nSPS) is 14.1. The Labute approximate surface area is 106 Å². The molecule has 0 saturated carbocycles. The molecular weight excluding hydrogens is 241 g/mol. The van der Waals surface area contributed by atoms with Gasteiger partial charge in [0, 0.05) is 5.88 Å². The van der Waals surface area contributed by atoms with Gasteiger partial charge in [-0.2, -0.15) is 0 Å². The Balaban J connectivity index is 2.65. The average Bonchev–Trinajstić information content (AvgIpc) is 2.32. The van der Waals surface area contributed by atoms with E-state index in [9.17, 15) is 9.18 Å². The van der Waals surface area contributed by atoms with Gasteiger partial charge in [-0.25, -0.2) is 4.39 Å². The number of benzene rings is 1. The van der Waals surface area contributed by atoms with E-state index in [4.69, 9.17) is 11.6 Å². The molecular formula is C13H17ClFNO. The Morgan fingerprint density at radius 2 is 2.12 bits per heavy atom. The van der Waals surface area contributed by atoms with Crippen LogP contribution >= 0.6 is 11.6 Å². The summed E-state index contributed by atoms with van der Waals surface area (Å²) >= 11 is 5.80. The van der Waals surface area contributed by atoms with E-state index in [-0.39, 0.29) is 18.1 Å². The van der Waals surface area contributed by atoms with Gasteiger partial charge in [-0.1, -0.05) is 25.1 Å². The first kappa shape index (κ1) is 14.0. The Kier molecular flexibility index (Phi) is 4.94. The molecule has 0 heterocycles. The van der Waals surface area contributed by atoms with E-state index in [0.29, 0.717) is 11.4 Å². The second kappa shape index (κ2) is 6.01. The smallest absolute Gasteiger partial charge is 0.224 e. The highest BCUT2D eigenvalue weighted by molar-refractivity contribution is 6.18. The molecule has 0 aliphatic carbocycles. The van der Waals surface area contributed by atoms with E-state index in [2.05, 4.69) is 5.32 Å². The number of carbonyl (C=O) groups excluding carboxylic acids is 1. The number of nitrogens with one attached hydrogen (secondary N) is 1. The summed E-state index contributed by atoms with van der Waals surface area (Å²) in [5.74, 6) is -0.223. The summed E-state index contributed by atoms with van der Waals surface area (Å²) in [6.07, 6.45) is 0.776. The van der Waals surface area contributed by atoms with Gasteiger partial charge in [0.2, 0.25) is 5.91 Å². The summed E-state index contributed by atoms with van der Waals surface area (Å²) in [6, 6.07) is 6.28. The molecule has 2 nitrogen and oxygen atoms in total. The second-order valence-electron chi connectivity index (χ2n) is 4.36. The zero-order valence-electron chi connectivity index (χ0n) is 10.1. The monoisotopic (exact) mass is 257 g/mol. The fraction of sp³-hybridized carbons (Fsp3) is 0.462. The molecule has 1 atom stereocenters. The first-order valence-corrected chi connectivity index (χ1v) is 6.14. The minimum atomic E-state index is -0.427. The van der Waals surface area contributed by atoms with Crippen molar-refractivity contribution >= 4 is 17.5 Å². The van der Waals surface area contributed by atoms with Gasteiger partial charge in [-0.15, -0.1) is 11.6 Å². The van der Waals surface area contributed by atoms with E-state index in [1.807, 2.05) is 13.8 Å². The van der Waals surface area contributed by atoms with Crippen LogP contribution in [0.25, 0.3) is 0 Å². The Morgan fingerprint density at radius 1 is 1.47 bits per heavy atom. The molecule has 0 radical (unpaired) electrons. The van der Waals surface area contributed by atoms with Crippen molar-refractivity contribution in [1.29, 1.82) is 0 Å². The maximum Gasteiger partial charge on any atom is 0.224 e. The summed E-state index contributed by atoms with van der Waals surface area (Å²) in [5, 5.41) is 2.83. The molecule has 1 rings (SSSR count). The van der Waals surface area contributed by atoms with E-state index < -0.39 is 5.54 Å². The molecule has 94 valence electrons. The highest BCUT2D eigenvalue weighted by Crippen LogP contribution is 2.12. The second-order valence-corrected chi connectivity index (χ2v) is 4.63. The lowest BCUT2D eigenvalue weighted by molar-refractivity contribution is -0.122. The van der Waals surface area contributed by atoms with Crippen LogP contribution in [0.4, 0.5) is 4.39 Å². The van der Waals surface area contributed by atoms with Crippen molar-refractivity contribution in [2.24, 2.45) is 0 Å². The Hall–Kier alpha value is -1.09. The number of hydrogen-bond donors (Lipinski definition) is 1. The maximum atomic E-state index is 13.3. The molecule has 17 heavy (non-hydrogen) atoms. The first-order valence-electron chi connectivity index (χ1n) is 5.61. The van der Waals surface area contributed by atoms with Crippen LogP contribution in [0.5, 0.6) is 0 Å². The van der Waals surface area contributed by atoms with Gasteiger partial charge in [-0.3, -0.25) is 4.79 Å². The number of alkyl halides is 1. The summed E-state index contributed by atoms with van der Waals surface area (Å²) in [4.78, 5) is 11.8. The SMILES string of the molecule is CCC(C)(CCl)NC(=O)Cc1ccccc1F. The maximum absolute atomic E-state index is 13.3. The van der Waals surface area contributed by atoms with Gasteiger partial charge in [0.25, 0.3) is 0 Å². The van der Waals surface area contributed by atoms with Crippen molar-refractivity contribution in [3.8, 4) is 0 Å². The average molecular weight is 258 g/mol. The van der Waals surface area contributed by atoms with Gasteiger partial charge >= 0.3 is 0 Å². The standard InChI is InChI=1S/C13H17ClFNO/c1-3-13(2,9-14)16-12(17)8-10-6-4-5-7-11(10)15/h4-7H,3,8-9H2,1-2H3,(H,16,17). The van der Waals surface area contributed by atoms with Crippen molar-refractivity contribution in [3.63, 3.8) is 0 Å². The largest absolute Gasteiger partial charge is 0.349 e. The van der Waals surface area contributed by atoms with E-state index in [1.54, 1.807) is 18.2 Å². The molecule has 0 aliphatic rings. The highest BCUT2D eigenvalue weighted by atomic mass is 35.5. The number of rotatable bonds is 5. The molecule has 1 aromatic rings. The summed E-state index contributed by atoms with van der Waals surface area (Å²) < 4.78 is 13.3. The summed E-state index contributed by atoms with van der Waals surface area (Å²) in [5.41, 5.74) is -0.0257. The van der Waals surface area contributed by atoms with Crippen molar-refractivity contribution < 1.29 is 9.18 Å². The molecule has 0 aromatic heterocycles. The predicted octanol–water partition coefficient (Wildman–Crippen LogP) is 2.89. The molecule has 0 fully saturated rings. The van der Waals surface area contributed by atoms with Gasteiger partial charge < -0.3 is 5.32 Å². The quantitative estimate of drug-likeness (QED) is 0.808. The van der Waals surface area contributed by atoms with Crippen LogP contribution in [0.1, 0.15) is 25.8 Å². The topological polar surface area (TPSA) is 29.1 Å². The molecule has 0 bridgehead atoms.